The maximum atomic E-state index is 6.03. The molecule has 0 saturated carbocycles. The van der Waals surface area contributed by atoms with Crippen LogP contribution in [-0.4, -0.2) is 55.3 Å². The summed E-state index contributed by atoms with van der Waals surface area (Å²) in [5, 5.41) is 8.78. The largest absolute Gasteiger partial charge is 0.496 e. The van der Waals surface area contributed by atoms with Crippen LogP contribution in [0.25, 0.3) is 10.8 Å². The van der Waals surface area contributed by atoms with Crippen LogP contribution in [0.5, 0.6) is 17.2 Å². The van der Waals surface area contributed by atoms with Crippen LogP contribution in [0, 0.1) is 0 Å². The third kappa shape index (κ3) is 6.44. The lowest BCUT2D eigenvalue weighted by Crippen LogP contribution is -2.31. The maximum Gasteiger partial charge on any atom is 0.229 e. The van der Waals surface area contributed by atoms with Gasteiger partial charge in [0.2, 0.25) is 5.95 Å². The molecule has 3 aromatic carbocycles. The van der Waals surface area contributed by atoms with E-state index in [2.05, 4.69) is 37.6 Å². The lowest BCUT2D eigenvalue weighted by atomic mass is 10.1. The fourth-order valence-electron chi connectivity index (χ4n) is 4.79. The molecule has 8 nitrogen and oxygen atoms in total. The molecule has 4 aromatic rings. The van der Waals surface area contributed by atoms with Crippen LogP contribution in [-0.2, 0) is 0 Å². The van der Waals surface area contributed by atoms with Gasteiger partial charge in [0.15, 0.2) is 11.5 Å². The Hall–Kier alpha value is -4.04. The fourth-order valence-corrected chi connectivity index (χ4v) is 4.79. The zero-order valence-electron chi connectivity index (χ0n) is 22.1. The number of likely N-dealkylation sites (tertiary alicyclic amines) is 1. The highest BCUT2D eigenvalue weighted by atomic mass is 16.5. The molecular formula is C30H35N5O3. The van der Waals surface area contributed by atoms with E-state index in [9.17, 15) is 0 Å². The van der Waals surface area contributed by atoms with Crippen molar-refractivity contribution in [1.29, 1.82) is 0 Å². The molecule has 5 rings (SSSR count). The predicted octanol–water partition coefficient (Wildman–Crippen LogP) is 6.39. The van der Waals surface area contributed by atoms with Crippen LogP contribution in [0.4, 0.5) is 23.1 Å². The molecular weight excluding hydrogens is 478 g/mol. The molecule has 0 radical (unpaired) electrons. The second kappa shape index (κ2) is 12.5. The van der Waals surface area contributed by atoms with Gasteiger partial charge in [0.1, 0.15) is 11.6 Å². The smallest absolute Gasteiger partial charge is 0.229 e. The second-order valence-electron chi connectivity index (χ2n) is 9.38. The number of benzene rings is 3. The van der Waals surface area contributed by atoms with Crippen molar-refractivity contribution in [3.05, 3.63) is 66.9 Å². The van der Waals surface area contributed by atoms with Gasteiger partial charge in [-0.25, -0.2) is 4.98 Å². The van der Waals surface area contributed by atoms with Crippen molar-refractivity contribution in [2.24, 2.45) is 0 Å². The molecule has 0 atom stereocenters. The summed E-state index contributed by atoms with van der Waals surface area (Å²) < 4.78 is 17.1. The van der Waals surface area contributed by atoms with Gasteiger partial charge in [-0.3, -0.25) is 0 Å². The SMILES string of the molecule is COc1cc(Nc2nccc(Nc3ccc4c(OC)cccc4c3)n2)ccc1OCCCN1CCCCC1. The average molecular weight is 514 g/mol. The molecule has 0 aliphatic carbocycles. The van der Waals surface area contributed by atoms with Crippen LogP contribution >= 0.6 is 0 Å². The topological polar surface area (TPSA) is 80.8 Å². The zero-order chi connectivity index (χ0) is 26.2. The molecule has 0 spiro atoms. The van der Waals surface area contributed by atoms with Crippen LogP contribution in [0.2, 0.25) is 0 Å². The van der Waals surface area contributed by atoms with Gasteiger partial charge in [-0.15, -0.1) is 0 Å². The Morgan fingerprint density at radius 2 is 1.63 bits per heavy atom. The van der Waals surface area contributed by atoms with Crippen molar-refractivity contribution < 1.29 is 14.2 Å². The van der Waals surface area contributed by atoms with Gasteiger partial charge in [0.25, 0.3) is 0 Å². The number of nitrogens with one attached hydrogen (secondary N) is 2. The minimum atomic E-state index is 0.481. The van der Waals surface area contributed by atoms with E-state index in [1.807, 2.05) is 48.5 Å². The molecule has 198 valence electrons. The summed E-state index contributed by atoms with van der Waals surface area (Å²) in [7, 11) is 3.34. The number of aromatic nitrogens is 2. The van der Waals surface area contributed by atoms with Crippen molar-refractivity contribution in [2.45, 2.75) is 25.7 Å². The number of anilines is 4. The Kier molecular flexibility index (Phi) is 8.40. The van der Waals surface area contributed by atoms with Crippen molar-refractivity contribution in [3.63, 3.8) is 0 Å². The van der Waals surface area contributed by atoms with Gasteiger partial charge < -0.3 is 29.7 Å². The molecule has 0 amide bonds. The van der Waals surface area contributed by atoms with Crippen molar-refractivity contribution in [3.8, 4) is 17.2 Å². The number of hydrogen-bond acceptors (Lipinski definition) is 8. The Bertz CT molecular complexity index is 1360. The van der Waals surface area contributed by atoms with Crippen LogP contribution in [0.1, 0.15) is 25.7 Å². The minimum Gasteiger partial charge on any atom is -0.496 e. The Labute approximate surface area is 224 Å². The van der Waals surface area contributed by atoms with Crippen molar-refractivity contribution >= 4 is 33.9 Å². The van der Waals surface area contributed by atoms with Gasteiger partial charge in [-0.2, -0.15) is 4.98 Å². The number of nitrogens with zero attached hydrogens (tertiary/aromatic N) is 3. The quantitative estimate of drug-likeness (QED) is 0.223. The number of fused-ring (bicyclic) bond motifs is 1. The lowest BCUT2D eigenvalue weighted by molar-refractivity contribution is 0.203. The highest BCUT2D eigenvalue weighted by Crippen LogP contribution is 2.32. The Balaban J connectivity index is 1.20. The summed E-state index contributed by atoms with van der Waals surface area (Å²) in [6.07, 6.45) is 6.70. The molecule has 0 unspecified atom stereocenters. The Morgan fingerprint density at radius 3 is 2.47 bits per heavy atom. The summed E-state index contributed by atoms with van der Waals surface area (Å²) >= 11 is 0. The molecule has 38 heavy (non-hydrogen) atoms. The molecule has 8 heteroatoms. The first-order valence-electron chi connectivity index (χ1n) is 13.2. The van der Waals surface area contributed by atoms with Crippen molar-refractivity contribution in [2.75, 3.05) is 51.1 Å². The molecule has 1 aliphatic heterocycles. The highest BCUT2D eigenvalue weighted by Gasteiger charge is 2.11. The summed E-state index contributed by atoms with van der Waals surface area (Å²) in [6.45, 7) is 4.16. The first kappa shape index (κ1) is 25.6. The van der Waals surface area contributed by atoms with E-state index in [0.717, 1.165) is 46.6 Å². The number of hydrogen-bond donors (Lipinski definition) is 2. The first-order chi connectivity index (χ1) is 18.7. The fraction of sp³-hybridized carbons (Fsp3) is 0.333. The summed E-state index contributed by atoms with van der Waals surface area (Å²) in [4.78, 5) is 11.5. The summed E-state index contributed by atoms with van der Waals surface area (Å²) in [5.74, 6) is 3.43. The molecule has 2 heterocycles. The van der Waals surface area contributed by atoms with E-state index >= 15 is 0 Å². The normalized spacial score (nSPS) is 13.7. The van der Waals surface area contributed by atoms with Crippen LogP contribution in [0.3, 0.4) is 0 Å². The Morgan fingerprint density at radius 1 is 0.816 bits per heavy atom. The molecule has 1 fully saturated rings. The third-order valence-corrected chi connectivity index (χ3v) is 6.73. The van der Waals surface area contributed by atoms with Gasteiger partial charge in [0, 0.05) is 35.6 Å². The maximum absolute atomic E-state index is 6.03. The van der Waals surface area contributed by atoms with E-state index in [4.69, 9.17) is 14.2 Å². The standard InChI is InChI=1S/C30H35N5O3/c1-36-26-9-6-8-22-20-23(10-12-25(22)26)32-29-14-15-31-30(34-29)33-24-11-13-27(28(21-24)37-2)38-19-7-18-35-16-4-3-5-17-35/h6,8-15,20-21H,3-5,7,16-19H2,1-2H3,(H2,31,32,33,34). The number of piperidine rings is 1. The number of rotatable bonds is 11. The monoisotopic (exact) mass is 513 g/mol. The summed E-state index contributed by atoms with van der Waals surface area (Å²) in [6, 6.07) is 19.7. The lowest BCUT2D eigenvalue weighted by Gasteiger charge is -2.26. The molecule has 1 aromatic heterocycles. The number of ether oxygens (including phenoxy) is 3. The van der Waals surface area contributed by atoms with E-state index in [-0.39, 0.29) is 0 Å². The molecule has 2 N–H and O–H groups in total. The molecule has 0 bridgehead atoms. The van der Waals surface area contributed by atoms with Crippen LogP contribution < -0.4 is 24.8 Å². The van der Waals surface area contributed by atoms with Gasteiger partial charge in [-0.05, 0) is 80.2 Å². The minimum absolute atomic E-state index is 0.481. The summed E-state index contributed by atoms with van der Waals surface area (Å²) in [5.41, 5.74) is 1.75. The van der Waals surface area contributed by atoms with E-state index < -0.39 is 0 Å². The van der Waals surface area contributed by atoms with E-state index in [1.165, 1.54) is 32.4 Å². The van der Waals surface area contributed by atoms with E-state index in [1.54, 1.807) is 20.4 Å². The highest BCUT2D eigenvalue weighted by molar-refractivity contribution is 5.91. The zero-order valence-corrected chi connectivity index (χ0v) is 22.1. The van der Waals surface area contributed by atoms with Crippen LogP contribution in [0.15, 0.2) is 66.9 Å². The van der Waals surface area contributed by atoms with Gasteiger partial charge >= 0.3 is 0 Å². The molecule has 1 aliphatic rings. The second-order valence-corrected chi connectivity index (χ2v) is 9.38. The van der Waals surface area contributed by atoms with E-state index in [0.29, 0.717) is 24.1 Å². The first-order valence-corrected chi connectivity index (χ1v) is 13.2. The third-order valence-electron chi connectivity index (χ3n) is 6.73. The number of methoxy groups -OCH3 is 2. The van der Waals surface area contributed by atoms with Gasteiger partial charge in [-0.1, -0.05) is 18.6 Å². The van der Waals surface area contributed by atoms with Gasteiger partial charge in [0.05, 0.1) is 20.8 Å². The predicted molar refractivity (Wildman–Crippen MR) is 152 cm³/mol. The molecule has 1 saturated heterocycles. The average Bonchev–Trinajstić information content (AvgIpc) is 2.96. The van der Waals surface area contributed by atoms with Crippen molar-refractivity contribution in [1.82, 2.24) is 14.9 Å².